The summed E-state index contributed by atoms with van der Waals surface area (Å²) in [7, 11) is 0. The average molecular weight is 334 g/mol. The van der Waals surface area contributed by atoms with Crippen LogP contribution >= 0.6 is 27.3 Å². The maximum absolute atomic E-state index is 12.0. The van der Waals surface area contributed by atoms with Crippen LogP contribution in [0.25, 0.3) is 0 Å². The second kappa shape index (κ2) is 6.17. The fourth-order valence-electron chi connectivity index (χ4n) is 1.85. The van der Waals surface area contributed by atoms with Crippen molar-refractivity contribution in [3.05, 3.63) is 20.8 Å². The van der Waals surface area contributed by atoms with Crippen LogP contribution in [-0.2, 0) is 0 Å². The Morgan fingerprint density at radius 1 is 1.56 bits per heavy atom. The van der Waals surface area contributed by atoms with E-state index in [2.05, 4.69) is 21.2 Å². The fraction of sp³-hybridized carbons (Fsp3) is 0.615. The SMILES string of the molecule is CC(C)C(O)C(C)(C)CNC(=O)c1sccc1Br. The monoisotopic (exact) mass is 333 g/mol. The molecule has 0 fully saturated rings. The molecule has 0 aliphatic heterocycles. The van der Waals surface area contributed by atoms with Gasteiger partial charge in [-0.3, -0.25) is 4.79 Å². The van der Waals surface area contributed by atoms with Gasteiger partial charge in [0.05, 0.1) is 6.10 Å². The van der Waals surface area contributed by atoms with Crippen molar-refractivity contribution in [2.24, 2.45) is 11.3 Å². The van der Waals surface area contributed by atoms with Crippen LogP contribution < -0.4 is 5.32 Å². The minimum Gasteiger partial charge on any atom is -0.392 e. The van der Waals surface area contributed by atoms with Gasteiger partial charge in [0.15, 0.2) is 0 Å². The number of nitrogens with one attached hydrogen (secondary N) is 1. The highest BCUT2D eigenvalue weighted by Crippen LogP contribution is 2.26. The molecule has 1 aromatic rings. The van der Waals surface area contributed by atoms with Crippen molar-refractivity contribution in [1.82, 2.24) is 5.32 Å². The Morgan fingerprint density at radius 3 is 2.61 bits per heavy atom. The first-order valence-corrected chi connectivity index (χ1v) is 7.62. The molecule has 0 bridgehead atoms. The molecule has 2 N–H and O–H groups in total. The molecule has 1 aromatic heterocycles. The van der Waals surface area contributed by atoms with Crippen LogP contribution in [0.2, 0.25) is 0 Å². The normalized spacial score (nSPS) is 13.7. The molecule has 0 aliphatic carbocycles. The Labute approximate surface area is 121 Å². The average Bonchev–Trinajstić information content (AvgIpc) is 2.71. The van der Waals surface area contributed by atoms with E-state index in [4.69, 9.17) is 0 Å². The molecule has 0 aromatic carbocycles. The molecule has 1 unspecified atom stereocenters. The molecule has 1 heterocycles. The van der Waals surface area contributed by atoms with Crippen molar-refractivity contribution < 1.29 is 9.90 Å². The quantitative estimate of drug-likeness (QED) is 0.868. The number of rotatable bonds is 5. The van der Waals surface area contributed by atoms with Gasteiger partial charge in [-0.05, 0) is 33.3 Å². The third-order valence-corrected chi connectivity index (χ3v) is 4.80. The molecule has 5 heteroatoms. The Kier molecular flexibility index (Phi) is 5.37. The van der Waals surface area contributed by atoms with Crippen molar-refractivity contribution in [1.29, 1.82) is 0 Å². The smallest absolute Gasteiger partial charge is 0.262 e. The molecule has 1 rings (SSSR count). The Hall–Kier alpha value is -0.390. The van der Waals surface area contributed by atoms with Crippen LogP contribution in [0.15, 0.2) is 15.9 Å². The lowest BCUT2D eigenvalue weighted by Crippen LogP contribution is -2.43. The topological polar surface area (TPSA) is 49.3 Å². The van der Waals surface area contributed by atoms with Gasteiger partial charge in [0.2, 0.25) is 0 Å². The van der Waals surface area contributed by atoms with Crippen molar-refractivity contribution in [3.63, 3.8) is 0 Å². The molecule has 0 saturated carbocycles. The summed E-state index contributed by atoms with van der Waals surface area (Å²) in [5.41, 5.74) is -0.340. The van der Waals surface area contributed by atoms with Gasteiger partial charge in [-0.1, -0.05) is 27.7 Å². The first-order valence-electron chi connectivity index (χ1n) is 5.95. The van der Waals surface area contributed by atoms with Crippen LogP contribution in [-0.4, -0.2) is 23.7 Å². The highest BCUT2D eigenvalue weighted by atomic mass is 79.9. The van der Waals surface area contributed by atoms with E-state index in [9.17, 15) is 9.90 Å². The molecular weight excluding hydrogens is 314 g/mol. The number of hydrogen-bond acceptors (Lipinski definition) is 3. The van der Waals surface area contributed by atoms with Gasteiger partial charge in [-0.25, -0.2) is 0 Å². The molecule has 1 atom stereocenters. The second-order valence-electron chi connectivity index (χ2n) is 5.46. The number of hydrogen-bond donors (Lipinski definition) is 2. The fourth-order valence-corrected chi connectivity index (χ4v) is 3.32. The zero-order valence-corrected chi connectivity index (χ0v) is 13.6. The summed E-state index contributed by atoms with van der Waals surface area (Å²) in [4.78, 5) is 12.6. The number of aliphatic hydroxyl groups is 1. The highest BCUT2D eigenvalue weighted by molar-refractivity contribution is 9.10. The summed E-state index contributed by atoms with van der Waals surface area (Å²) >= 11 is 4.74. The third-order valence-electron chi connectivity index (χ3n) is 2.96. The third kappa shape index (κ3) is 3.80. The van der Waals surface area contributed by atoms with E-state index < -0.39 is 6.10 Å². The maximum atomic E-state index is 12.0. The maximum Gasteiger partial charge on any atom is 0.262 e. The van der Waals surface area contributed by atoms with Crippen LogP contribution in [0, 0.1) is 11.3 Å². The van der Waals surface area contributed by atoms with E-state index in [0.717, 1.165) is 4.47 Å². The van der Waals surface area contributed by atoms with Gasteiger partial charge in [-0.2, -0.15) is 0 Å². The first kappa shape index (κ1) is 15.7. The van der Waals surface area contributed by atoms with Crippen LogP contribution in [0.4, 0.5) is 0 Å². The van der Waals surface area contributed by atoms with Gasteiger partial charge in [0, 0.05) is 16.4 Å². The molecule has 3 nitrogen and oxygen atoms in total. The Bertz CT molecular complexity index is 415. The first-order chi connectivity index (χ1) is 8.25. The summed E-state index contributed by atoms with van der Waals surface area (Å²) in [6.45, 7) is 8.33. The van der Waals surface area contributed by atoms with Crippen LogP contribution in [0.3, 0.4) is 0 Å². The van der Waals surface area contributed by atoms with Gasteiger partial charge < -0.3 is 10.4 Å². The standard InChI is InChI=1S/C13H20BrNO2S/c1-8(2)11(16)13(3,4)7-15-12(17)10-9(14)5-6-18-10/h5-6,8,11,16H,7H2,1-4H3,(H,15,17). The van der Waals surface area contributed by atoms with E-state index >= 15 is 0 Å². The second-order valence-corrected chi connectivity index (χ2v) is 7.23. The summed E-state index contributed by atoms with van der Waals surface area (Å²) in [6, 6.07) is 1.85. The van der Waals surface area contributed by atoms with Crippen molar-refractivity contribution in [3.8, 4) is 0 Å². The lowest BCUT2D eigenvalue weighted by Gasteiger charge is -2.33. The predicted octanol–water partition coefficient (Wildman–Crippen LogP) is 3.28. The van der Waals surface area contributed by atoms with E-state index in [1.165, 1.54) is 11.3 Å². The van der Waals surface area contributed by atoms with Crippen LogP contribution in [0.5, 0.6) is 0 Å². The summed E-state index contributed by atoms with van der Waals surface area (Å²) in [6.07, 6.45) is -0.440. The molecule has 0 saturated heterocycles. The number of amides is 1. The van der Waals surface area contributed by atoms with Gasteiger partial charge in [0.25, 0.3) is 5.91 Å². The molecule has 0 spiro atoms. The minimum atomic E-state index is -0.440. The van der Waals surface area contributed by atoms with E-state index in [1.807, 2.05) is 39.1 Å². The largest absolute Gasteiger partial charge is 0.392 e. The van der Waals surface area contributed by atoms with E-state index in [1.54, 1.807) is 0 Å². The summed E-state index contributed by atoms with van der Waals surface area (Å²) in [5.74, 6) is 0.0753. The minimum absolute atomic E-state index is 0.0964. The van der Waals surface area contributed by atoms with Crippen molar-refractivity contribution in [2.45, 2.75) is 33.8 Å². The van der Waals surface area contributed by atoms with E-state index in [-0.39, 0.29) is 17.2 Å². The molecule has 18 heavy (non-hydrogen) atoms. The molecule has 0 aliphatic rings. The number of halogens is 1. The van der Waals surface area contributed by atoms with Gasteiger partial charge >= 0.3 is 0 Å². The predicted molar refractivity (Wildman–Crippen MR) is 79.0 cm³/mol. The van der Waals surface area contributed by atoms with Crippen LogP contribution in [0.1, 0.15) is 37.4 Å². The molecular formula is C13H20BrNO2S. The molecule has 102 valence electrons. The number of carbonyl (C=O) groups is 1. The highest BCUT2D eigenvalue weighted by Gasteiger charge is 2.30. The number of carbonyl (C=O) groups excluding carboxylic acids is 1. The Morgan fingerprint density at radius 2 is 2.17 bits per heavy atom. The van der Waals surface area contributed by atoms with E-state index in [0.29, 0.717) is 11.4 Å². The van der Waals surface area contributed by atoms with Crippen molar-refractivity contribution >= 4 is 33.2 Å². The summed E-state index contributed by atoms with van der Waals surface area (Å²) < 4.78 is 0.812. The molecule has 1 amide bonds. The zero-order valence-electron chi connectivity index (χ0n) is 11.2. The Balaban J connectivity index is 2.60. The number of thiophene rings is 1. The van der Waals surface area contributed by atoms with Gasteiger partial charge in [-0.15, -0.1) is 11.3 Å². The lowest BCUT2D eigenvalue weighted by atomic mass is 9.81. The van der Waals surface area contributed by atoms with Gasteiger partial charge in [0.1, 0.15) is 4.88 Å². The van der Waals surface area contributed by atoms with Crippen molar-refractivity contribution in [2.75, 3.05) is 6.54 Å². The lowest BCUT2D eigenvalue weighted by molar-refractivity contribution is 0.0138. The summed E-state index contributed by atoms with van der Waals surface area (Å²) in [5, 5.41) is 14.8. The molecule has 0 radical (unpaired) electrons. The zero-order chi connectivity index (χ0) is 13.9. The number of aliphatic hydroxyl groups excluding tert-OH is 1.